The van der Waals surface area contributed by atoms with Gasteiger partial charge >= 0.3 is 12.1 Å². The number of unbranched alkanes of at least 4 members (excludes halogenated alkanes) is 1. The maximum atomic E-state index is 12.7. The number of benzene rings is 3. The maximum Gasteiger partial charge on any atom is 0.416 e. The third-order valence-corrected chi connectivity index (χ3v) is 6.18. The molecule has 5 nitrogen and oxygen atoms in total. The van der Waals surface area contributed by atoms with E-state index in [0.717, 1.165) is 48.1 Å². The second kappa shape index (κ2) is 12.4. The van der Waals surface area contributed by atoms with E-state index in [9.17, 15) is 22.8 Å². The minimum absolute atomic E-state index is 0.118. The van der Waals surface area contributed by atoms with Crippen LogP contribution in [-0.4, -0.2) is 41.6 Å². The highest BCUT2D eigenvalue weighted by Gasteiger charge is 2.30. The third-order valence-electron chi connectivity index (χ3n) is 6.18. The lowest BCUT2D eigenvalue weighted by Crippen LogP contribution is -2.36. The Kier molecular flexibility index (Phi) is 9.33. The summed E-state index contributed by atoms with van der Waals surface area (Å²) in [5.41, 5.74) is 2.55. The number of hydrogen-bond donors (Lipinski definition) is 1. The summed E-state index contributed by atoms with van der Waals surface area (Å²) in [5, 5.41) is 8.91. The van der Waals surface area contributed by atoms with Crippen molar-refractivity contribution in [2.24, 2.45) is 0 Å². The Balaban J connectivity index is 1.41. The monoisotopic (exact) mass is 513 g/mol. The highest BCUT2D eigenvalue weighted by molar-refractivity contribution is 5.94. The smallest absolute Gasteiger partial charge is 0.416 e. The minimum atomic E-state index is -4.34. The van der Waals surface area contributed by atoms with E-state index in [0.29, 0.717) is 17.9 Å². The number of carboxylic acid groups (broad SMARTS) is 1. The number of halogens is 3. The predicted octanol–water partition coefficient (Wildman–Crippen LogP) is 6.71. The molecule has 0 bridgehead atoms. The molecule has 8 heteroatoms. The Morgan fingerprint density at radius 2 is 1.46 bits per heavy atom. The fourth-order valence-corrected chi connectivity index (χ4v) is 3.82. The van der Waals surface area contributed by atoms with Gasteiger partial charge in [0.05, 0.1) is 18.6 Å². The molecule has 0 unspecified atom stereocenters. The summed E-state index contributed by atoms with van der Waals surface area (Å²) in [4.78, 5) is 24.8. The summed E-state index contributed by atoms with van der Waals surface area (Å²) in [6.07, 6.45) is -1.87. The number of carboxylic acids is 1. The Labute approximate surface area is 214 Å². The lowest BCUT2D eigenvalue weighted by atomic mass is 10.0. The first-order valence-corrected chi connectivity index (χ1v) is 12.0. The lowest BCUT2D eigenvalue weighted by Gasteiger charge is -2.23. The zero-order valence-corrected chi connectivity index (χ0v) is 20.8. The Morgan fingerprint density at radius 1 is 0.892 bits per heavy atom. The van der Waals surface area contributed by atoms with E-state index in [4.69, 9.17) is 9.84 Å². The molecule has 0 aliphatic rings. The average Bonchev–Trinajstić information content (AvgIpc) is 2.87. The number of rotatable bonds is 11. The summed E-state index contributed by atoms with van der Waals surface area (Å²) in [7, 11) is 1.59. The molecule has 0 aromatic heterocycles. The van der Waals surface area contributed by atoms with Gasteiger partial charge in [-0.3, -0.25) is 9.59 Å². The van der Waals surface area contributed by atoms with Gasteiger partial charge in [-0.2, -0.15) is 13.2 Å². The molecule has 0 spiro atoms. The number of ether oxygens (including phenoxy) is 1. The van der Waals surface area contributed by atoms with Crippen LogP contribution in [0.4, 0.5) is 13.2 Å². The molecule has 0 heterocycles. The number of aliphatic carboxylic acids is 1. The first kappa shape index (κ1) is 27.8. The van der Waals surface area contributed by atoms with Crippen molar-refractivity contribution >= 4 is 11.9 Å². The van der Waals surface area contributed by atoms with Crippen LogP contribution in [0.1, 0.15) is 47.7 Å². The van der Waals surface area contributed by atoms with Gasteiger partial charge in [0.2, 0.25) is 0 Å². The minimum Gasteiger partial charge on any atom is -0.494 e. The topological polar surface area (TPSA) is 66.8 Å². The van der Waals surface area contributed by atoms with Crippen LogP contribution in [0, 0.1) is 0 Å². The molecule has 0 saturated heterocycles. The fraction of sp³-hybridized carbons (Fsp3) is 0.310. The van der Waals surface area contributed by atoms with Gasteiger partial charge in [0.25, 0.3) is 5.91 Å². The first-order chi connectivity index (χ1) is 17.5. The number of nitrogens with zero attached hydrogens (tertiary/aromatic N) is 1. The van der Waals surface area contributed by atoms with Crippen molar-refractivity contribution in [1.82, 2.24) is 4.90 Å². The third kappa shape index (κ3) is 8.10. The molecule has 0 aliphatic heterocycles. The van der Waals surface area contributed by atoms with Crippen LogP contribution in [0.15, 0.2) is 72.8 Å². The van der Waals surface area contributed by atoms with Crippen molar-refractivity contribution in [3.63, 3.8) is 0 Å². The van der Waals surface area contributed by atoms with E-state index in [2.05, 4.69) is 0 Å². The van der Waals surface area contributed by atoms with Crippen molar-refractivity contribution in [3.8, 4) is 16.9 Å². The number of amides is 1. The van der Waals surface area contributed by atoms with Crippen molar-refractivity contribution in [1.29, 1.82) is 0 Å². The van der Waals surface area contributed by atoms with Gasteiger partial charge in [-0.15, -0.1) is 0 Å². The number of hydrogen-bond acceptors (Lipinski definition) is 3. The van der Waals surface area contributed by atoms with Crippen LogP contribution in [0.2, 0.25) is 0 Å². The van der Waals surface area contributed by atoms with Crippen molar-refractivity contribution < 1.29 is 32.6 Å². The Hall–Kier alpha value is -3.81. The molecule has 3 rings (SSSR count). The number of alkyl halides is 3. The molecule has 1 N–H and O–H groups in total. The van der Waals surface area contributed by atoms with E-state index in [1.807, 2.05) is 24.3 Å². The molecule has 3 aromatic carbocycles. The number of aryl methyl sites for hydroxylation is 1. The second-order valence-corrected chi connectivity index (χ2v) is 8.96. The maximum absolute atomic E-state index is 12.7. The molecule has 1 amide bonds. The molecular weight excluding hydrogens is 483 g/mol. The first-order valence-electron chi connectivity index (χ1n) is 12.0. The standard InChI is InChI=1S/C29H30F3NO4/c1-20(19-27(34)35)33(2)28(36)24-12-16-26(17-13-24)37-18-4-3-5-21-6-8-22(9-7-21)23-10-14-25(15-11-23)29(30,31)32/h6-17,20H,3-5,18-19H2,1-2H3,(H,34,35)/t20-/m0/s1. The van der Waals surface area contributed by atoms with Crippen LogP contribution >= 0.6 is 0 Å². The molecular formula is C29H30F3NO4. The van der Waals surface area contributed by atoms with E-state index >= 15 is 0 Å². The van der Waals surface area contributed by atoms with Crippen LogP contribution < -0.4 is 4.74 Å². The fourth-order valence-electron chi connectivity index (χ4n) is 3.82. The summed E-state index contributed by atoms with van der Waals surface area (Å²) in [5.74, 6) is -0.547. The van der Waals surface area contributed by atoms with Crippen LogP contribution in [0.25, 0.3) is 11.1 Å². The zero-order valence-electron chi connectivity index (χ0n) is 20.8. The number of carbonyl (C=O) groups excluding carboxylic acids is 1. The van der Waals surface area contributed by atoms with Crippen LogP contribution in [-0.2, 0) is 17.4 Å². The summed E-state index contributed by atoms with van der Waals surface area (Å²) in [6, 6.07) is 19.3. The van der Waals surface area contributed by atoms with Gasteiger partial charge in [0, 0.05) is 18.7 Å². The van der Waals surface area contributed by atoms with Gasteiger partial charge in [0.15, 0.2) is 0 Å². The van der Waals surface area contributed by atoms with Gasteiger partial charge in [0.1, 0.15) is 5.75 Å². The van der Waals surface area contributed by atoms with Gasteiger partial charge in [-0.25, -0.2) is 0 Å². The molecule has 196 valence electrons. The highest BCUT2D eigenvalue weighted by atomic mass is 19.4. The molecule has 1 atom stereocenters. The summed E-state index contributed by atoms with van der Waals surface area (Å²) >= 11 is 0. The largest absolute Gasteiger partial charge is 0.494 e. The Morgan fingerprint density at radius 3 is 2.00 bits per heavy atom. The summed E-state index contributed by atoms with van der Waals surface area (Å²) in [6.45, 7) is 2.21. The van der Waals surface area contributed by atoms with Gasteiger partial charge in [-0.1, -0.05) is 36.4 Å². The van der Waals surface area contributed by atoms with E-state index < -0.39 is 23.8 Å². The normalized spacial score (nSPS) is 12.1. The Bertz CT molecular complexity index is 1170. The van der Waals surface area contributed by atoms with Gasteiger partial charge < -0.3 is 14.7 Å². The van der Waals surface area contributed by atoms with E-state index in [-0.39, 0.29) is 12.3 Å². The van der Waals surface area contributed by atoms with Gasteiger partial charge in [-0.05, 0) is 79.3 Å². The molecule has 0 aliphatic carbocycles. The number of carbonyl (C=O) groups is 2. The molecule has 0 radical (unpaired) electrons. The molecule has 37 heavy (non-hydrogen) atoms. The second-order valence-electron chi connectivity index (χ2n) is 8.96. The van der Waals surface area contributed by atoms with Crippen molar-refractivity contribution in [2.45, 2.75) is 44.8 Å². The quantitative estimate of drug-likeness (QED) is 0.290. The molecule has 3 aromatic rings. The van der Waals surface area contributed by atoms with Crippen molar-refractivity contribution in [2.75, 3.05) is 13.7 Å². The predicted molar refractivity (Wildman–Crippen MR) is 136 cm³/mol. The summed E-state index contributed by atoms with van der Waals surface area (Å²) < 4.78 is 44.0. The van der Waals surface area contributed by atoms with Crippen molar-refractivity contribution in [3.05, 3.63) is 89.5 Å². The highest BCUT2D eigenvalue weighted by Crippen LogP contribution is 2.31. The van der Waals surface area contributed by atoms with Crippen LogP contribution in [0.3, 0.4) is 0 Å². The SMILES string of the molecule is C[C@@H](CC(=O)O)N(C)C(=O)c1ccc(OCCCCc2ccc(-c3ccc(C(F)(F)F)cc3)cc2)cc1. The molecule has 0 saturated carbocycles. The zero-order chi connectivity index (χ0) is 27.0. The van der Waals surface area contributed by atoms with E-state index in [1.165, 1.54) is 17.0 Å². The molecule has 0 fully saturated rings. The lowest BCUT2D eigenvalue weighted by molar-refractivity contribution is -0.138. The van der Waals surface area contributed by atoms with Crippen LogP contribution in [0.5, 0.6) is 5.75 Å². The van der Waals surface area contributed by atoms with E-state index in [1.54, 1.807) is 38.2 Å². The average molecular weight is 514 g/mol.